The monoisotopic (exact) mass is 422 g/mol. The molecule has 1 atom stereocenters. The Balaban J connectivity index is 0.000000176. The number of primary amides is 1. The average molecular weight is 423 g/mol. The molecule has 31 heavy (non-hydrogen) atoms. The molecular formula is C23H30N6O2. The molecule has 4 rings (SSSR count). The molecule has 1 fully saturated rings. The first-order valence-corrected chi connectivity index (χ1v) is 10.3. The molecule has 1 aromatic carbocycles. The van der Waals surface area contributed by atoms with Gasteiger partial charge in [0.05, 0.1) is 12.3 Å². The molecule has 1 saturated heterocycles. The molecule has 8 heteroatoms. The van der Waals surface area contributed by atoms with Gasteiger partial charge in [0.15, 0.2) is 0 Å². The number of ether oxygens (including phenoxy) is 1. The van der Waals surface area contributed by atoms with Crippen molar-refractivity contribution in [2.45, 2.75) is 12.3 Å². The van der Waals surface area contributed by atoms with Gasteiger partial charge in [0.1, 0.15) is 5.82 Å². The second-order valence-electron chi connectivity index (χ2n) is 7.45. The van der Waals surface area contributed by atoms with Crippen LogP contribution in [0.4, 0.5) is 10.6 Å². The number of nitrogens with zero attached hydrogens (tertiary/aromatic N) is 4. The highest BCUT2D eigenvalue weighted by Crippen LogP contribution is 2.26. The lowest BCUT2D eigenvalue weighted by Crippen LogP contribution is -2.24. The second kappa shape index (κ2) is 11.2. The zero-order chi connectivity index (χ0) is 22.1. The van der Waals surface area contributed by atoms with Crippen LogP contribution in [0.25, 0.3) is 11.3 Å². The van der Waals surface area contributed by atoms with Gasteiger partial charge in [-0.2, -0.15) is 5.10 Å². The van der Waals surface area contributed by atoms with E-state index in [2.05, 4.69) is 50.6 Å². The number of rotatable bonds is 6. The average Bonchev–Trinajstić information content (AvgIpc) is 3.41. The van der Waals surface area contributed by atoms with Crippen molar-refractivity contribution in [1.82, 2.24) is 19.7 Å². The number of nitrogens with two attached hydrogens (primary N) is 1. The quantitative estimate of drug-likeness (QED) is 0.636. The van der Waals surface area contributed by atoms with Crippen LogP contribution in [0.3, 0.4) is 0 Å². The Morgan fingerprint density at radius 3 is 2.65 bits per heavy atom. The third-order valence-electron chi connectivity index (χ3n) is 5.26. The first-order chi connectivity index (χ1) is 15.1. The number of nitrogens with one attached hydrogen (secondary N) is 1. The Morgan fingerprint density at radius 1 is 1.23 bits per heavy atom. The Hall–Kier alpha value is -3.23. The van der Waals surface area contributed by atoms with E-state index in [4.69, 9.17) is 10.5 Å². The van der Waals surface area contributed by atoms with Gasteiger partial charge in [-0.3, -0.25) is 15.0 Å². The molecule has 2 amide bonds. The largest absolute Gasteiger partial charge is 0.383 e. The maximum absolute atomic E-state index is 10.7. The predicted octanol–water partition coefficient (Wildman–Crippen LogP) is 3.10. The lowest BCUT2D eigenvalue weighted by molar-refractivity contribution is 0.160. The molecule has 3 N–H and O–H groups in total. The molecule has 0 radical (unpaired) electrons. The number of aromatic nitrogens is 3. The van der Waals surface area contributed by atoms with Crippen LogP contribution in [-0.4, -0.2) is 59.0 Å². The van der Waals surface area contributed by atoms with E-state index in [1.54, 1.807) is 37.3 Å². The summed E-state index contributed by atoms with van der Waals surface area (Å²) in [5.74, 6) is 1.28. The summed E-state index contributed by atoms with van der Waals surface area (Å²) >= 11 is 0. The molecule has 0 spiro atoms. The van der Waals surface area contributed by atoms with Crippen molar-refractivity contribution in [3.63, 3.8) is 0 Å². The molecule has 0 aliphatic carbocycles. The van der Waals surface area contributed by atoms with Gasteiger partial charge in [-0.25, -0.2) is 4.79 Å². The topological polar surface area (TPSA) is 98.3 Å². The number of likely N-dealkylation sites (tertiary alicyclic amines) is 1. The zero-order valence-corrected chi connectivity index (χ0v) is 18.1. The number of amides is 2. The number of carbonyl (C=O) groups excluding carboxylic acids is 1. The predicted molar refractivity (Wildman–Crippen MR) is 122 cm³/mol. The summed E-state index contributed by atoms with van der Waals surface area (Å²) in [6.45, 7) is 4.32. The molecule has 1 aliphatic rings. The first kappa shape index (κ1) is 22.5. The number of aryl methyl sites for hydroxylation is 1. The fourth-order valence-corrected chi connectivity index (χ4v) is 3.63. The normalized spacial score (nSPS) is 15.9. The van der Waals surface area contributed by atoms with Gasteiger partial charge in [-0.15, -0.1) is 0 Å². The van der Waals surface area contributed by atoms with Crippen LogP contribution in [0.5, 0.6) is 0 Å². The van der Waals surface area contributed by atoms with Gasteiger partial charge in [-0.05, 0) is 36.6 Å². The van der Waals surface area contributed by atoms with Gasteiger partial charge < -0.3 is 15.4 Å². The van der Waals surface area contributed by atoms with Gasteiger partial charge in [0, 0.05) is 51.3 Å². The Morgan fingerprint density at radius 2 is 1.97 bits per heavy atom. The highest BCUT2D eigenvalue weighted by atomic mass is 16.5. The number of methoxy groups -OCH3 is 1. The van der Waals surface area contributed by atoms with Crippen LogP contribution in [-0.2, 0) is 11.8 Å². The number of carbonyl (C=O) groups is 1. The number of hydrogen-bond acceptors (Lipinski definition) is 5. The molecule has 3 aromatic rings. The lowest BCUT2D eigenvalue weighted by atomic mass is 9.99. The van der Waals surface area contributed by atoms with Crippen molar-refractivity contribution >= 4 is 11.8 Å². The third kappa shape index (κ3) is 6.63. The summed E-state index contributed by atoms with van der Waals surface area (Å²) in [6, 6.07) is 15.7. The van der Waals surface area contributed by atoms with Crippen LogP contribution in [0.2, 0.25) is 0 Å². The molecule has 0 saturated carbocycles. The van der Waals surface area contributed by atoms with Crippen LogP contribution in [0.1, 0.15) is 17.9 Å². The van der Waals surface area contributed by atoms with E-state index in [1.807, 2.05) is 12.1 Å². The van der Waals surface area contributed by atoms with Gasteiger partial charge >= 0.3 is 6.03 Å². The number of urea groups is 1. The molecular weight excluding hydrogens is 392 g/mol. The molecule has 164 valence electrons. The van der Waals surface area contributed by atoms with Crippen LogP contribution < -0.4 is 11.1 Å². The Bertz CT molecular complexity index is 945. The Labute approximate surface area is 183 Å². The summed E-state index contributed by atoms with van der Waals surface area (Å²) in [6.07, 6.45) is 4.66. The van der Waals surface area contributed by atoms with Crippen molar-refractivity contribution in [3.8, 4) is 11.3 Å². The maximum atomic E-state index is 10.7. The molecule has 2 aromatic heterocycles. The van der Waals surface area contributed by atoms with Crippen molar-refractivity contribution in [2.75, 3.05) is 38.7 Å². The molecule has 1 aliphatic heterocycles. The number of pyridine rings is 1. The van der Waals surface area contributed by atoms with E-state index in [0.29, 0.717) is 5.82 Å². The maximum Gasteiger partial charge on any atom is 0.317 e. The van der Waals surface area contributed by atoms with Gasteiger partial charge in [0.25, 0.3) is 0 Å². The van der Waals surface area contributed by atoms with Crippen LogP contribution in [0.15, 0.2) is 60.9 Å². The van der Waals surface area contributed by atoms with E-state index in [0.717, 1.165) is 30.3 Å². The summed E-state index contributed by atoms with van der Waals surface area (Å²) in [7, 11) is 3.50. The summed E-state index contributed by atoms with van der Waals surface area (Å²) < 4.78 is 6.66. The van der Waals surface area contributed by atoms with Gasteiger partial charge in [-0.1, -0.05) is 30.3 Å². The minimum atomic E-state index is -0.607. The van der Waals surface area contributed by atoms with E-state index in [9.17, 15) is 4.79 Å². The third-order valence-corrected chi connectivity index (χ3v) is 5.26. The summed E-state index contributed by atoms with van der Waals surface area (Å²) in [4.78, 5) is 17.1. The summed E-state index contributed by atoms with van der Waals surface area (Å²) in [5, 5.41) is 6.74. The van der Waals surface area contributed by atoms with Crippen molar-refractivity contribution in [3.05, 3.63) is 66.5 Å². The molecule has 3 heterocycles. The highest BCUT2D eigenvalue weighted by molar-refractivity contribution is 5.87. The Kier molecular flexibility index (Phi) is 8.14. The van der Waals surface area contributed by atoms with E-state index in [-0.39, 0.29) is 0 Å². The van der Waals surface area contributed by atoms with Crippen LogP contribution in [0, 0.1) is 0 Å². The molecule has 8 nitrogen and oxygen atoms in total. The zero-order valence-electron chi connectivity index (χ0n) is 18.1. The minimum absolute atomic E-state index is 0.555. The SMILES string of the molecule is COCCN1CCC(c2ccccc2)C1.Cn1nc(-c2ccncc2)cc1NC(N)=O. The number of benzene rings is 1. The lowest BCUT2D eigenvalue weighted by Gasteiger charge is -2.15. The molecule has 1 unspecified atom stereocenters. The smallest absolute Gasteiger partial charge is 0.317 e. The van der Waals surface area contributed by atoms with Gasteiger partial charge in [0.2, 0.25) is 0 Å². The minimum Gasteiger partial charge on any atom is -0.383 e. The standard InChI is InChI=1S/C13H19NO.C10H11N5O/c1-15-10-9-14-8-7-13(11-14)12-5-3-2-4-6-12;1-15-9(13-10(11)16)6-8(14-15)7-2-4-12-5-3-7/h2-6,13H,7-11H2,1H3;2-6H,1H3,(H3,11,13,16). The molecule has 0 bridgehead atoms. The van der Waals surface area contributed by atoms with E-state index in [1.165, 1.54) is 25.1 Å². The summed E-state index contributed by atoms with van der Waals surface area (Å²) in [5.41, 5.74) is 8.22. The first-order valence-electron chi connectivity index (χ1n) is 10.3. The van der Waals surface area contributed by atoms with E-state index < -0.39 is 6.03 Å². The van der Waals surface area contributed by atoms with Crippen molar-refractivity contribution < 1.29 is 9.53 Å². The van der Waals surface area contributed by atoms with Crippen molar-refractivity contribution in [2.24, 2.45) is 12.8 Å². The van der Waals surface area contributed by atoms with E-state index >= 15 is 0 Å². The van der Waals surface area contributed by atoms with Crippen molar-refractivity contribution in [1.29, 1.82) is 0 Å². The number of anilines is 1. The fourth-order valence-electron chi connectivity index (χ4n) is 3.63. The second-order valence-corrected chi connectivity index (χ2v) is 7.45. The van der Waals surface area contributed by atoms with Crippen LogP contribution >= 0.6 is 0 Å². The fraction of sp³-hybridized carbons (Fsp3) is 0.348. The number of hydrogen-bond donors (Lipinski definition) is 2. The highest BCUT2D eigenvalue weighted by Gasteiger charge is 2.22.